The minimum absolute atomic E-state index is 0.465. The Morgan fingerprint density at radius 1 is 1.16 bits per heavy atom. The van der Waals surface area contributed by atoms with E-state index in [4.69, 9.17) is 0 Å². The van der Waals surface area contributed by atoms with Gasteiger partial charge in [0.25, 0.3) is 0 Å². The quantitative estimate of drug-likeness (QED) is 0.857. The maximum Gasteiger partial charge on any atom is 0.192 e. The maximum absolute atomic E-state index is 9.55. The number of aliphatic hydroxyl groups excluding tert-OH is 1. The second-order valence-corrected chi connectivity index (χ2v) is 6.26. The van der Waals surface area contributed by atoms with Crippen molar-refractivity contribution < 1.29 is 5.11 Å². The molecule has 1 aromatic heterocycles. The molecule has 0 spiro atoms. The van der Waals surface area contributed by atoms with Crippen molar-refractivity contribution in [3.05, 3.63) is 45.7 Å². The topological polar surface area (TPSA) is 46.0 Å². The summed E-state index contributed by atoms with van der Waals surface area (Å²) >= 11 is 5.03. The molecule has 0 aliphatic rings. The fraction of sp³-hybridized carbons (Fsp3) is 0.286. The molecule has 0 saturated heterocycles. The van der Waals surface area contributed by atoms with Crippen LogP contribution in [0.15, 0.2) is 38.8 Å². The van der Waals surface area contributed by atoms with E-state index in [1.165, 1.54) is 11.8 Å². The normalized spacial score (nSPS) is 12.5. The summed E-state index contributed by atoms with van der Waals surface area (Å²) in [7, 11) is 0. The fourth-order valence-electron chi connectivity index (χ4n) is 1.70. The lowest BCUT2D eigenvalue weighted by molar-refractivity contribution is 0.199. The summed E-state index contributed by atoms with van der Waals surface area (Å²) in [5.41, 5.74) is 2.82. The molecule has 0 saturated carbocycles. The third-order valence-corrected chi connectivity index (χ3v) is 4.46. The zero-order valence-corrected chi connectivity index (χ0v) is 13.4. The van der Waals surface area contributed by atoms with Gasteiger partial charge in [0.05, 0.1) is 6.10 Å². The zero-order chi connectivity index (χ0) is 14.0. The molecule has 0 amide bonds. The van der Waals surface area contributed by atoms with Gasteiger partial charge in [0, 0.05) is 20.8 Å². The molecular weight excluding hydrogens is 324 g/mol. The second kappa shape index (κ2) is 6.03. The SMILES string of the molecule is Cc1cc(C)nc(Sc2ccc([C@@H](C)O)cc2Br)n1. The number of benzene rings is 1. The monoisotopic (exact) mass is 338 g/mol. The Labute approximate surface area is 125 Å². The number of rotatable bonds is 3. The molecule has 2 rings (SSSR count). The largest absolute Gasteiger partial charge is 0.389 e. The van der Waals surface area contributed by atoms with Crippen molar-refractivity contribution in [1.29, 1.82) is 0 Å². The van der Waals surface area contributed by atoms with Gasteiger partial charge in [-0.25, -0.2) is 9.97 Å². The minimum atomic E-state index is -0.465. The van der Waals surface area contributed by atoms with Gasteiger partial charge in [-0.1, -0.05) is 6.07 Å². The Hall–Kier alpha value is -0.910. The number of nitrogens with zero attached hydrogens (tertiary/aromatic N) is 2. The first-order valence-electron chi connectivity index (χ1n) is 5.93. The molecule has 0 bridgehead atoms. The standard InChI is InChI=1S/C14H15BrN2OS/c1-8-6-9(2)17-14(16-8)19-13-5-4-11(10(3)18)7-12(13)15/h4-7,10,18H,1-3H3/t10-/m1/s1. The van der Waals surface area contributed by atoms with E-state index in [9.17, 15) is 5.11 Å². The van der Waals surface area contributed by atoms with Crippen LogP contribution in [0.2, 0.25) is 0 Å². The van der Waals surface area contributed by atoms with Crippen LogP contribution in [0.4, 0.5) is 0 Å². The first-order chi connectivity index (χ1) is 8.95. The van der Waals surface area contributed by atoms with Crippen molar-refractivity contribution in [3.8, 4) is 0 Å². The lowest BCUT2D eigenvalue weighted by Gasteiger charge is -2.09. The molecule has 2 aromatic rings. The smallest absolute Gasteiger partial charge is 0.192 e. The summed E-state index contributed by atoms with van der Waals surface area (Å²) in [5.74, 6) is 0. The van der Waals surface area contributed by atoms with Crippen LogP contribution in [0, 0.1) is 13.8 Å². The molecule has 5 heteroatoms. The van der Waals surface area contributed by atoms with E-state index >= 15 is 0 Å². The molecular formula is C14H15BrN2OS. The van der Waals surface area contributed by atoms with Crippen molar-refractivity contribution in [2.45, 2.75) is 36.9 Å². The van der Waals surface area contributed by atoms with Crippen LogP contribution < -0.4 is 0 Å². The van der Waals surface area contributed by atoms with Gasteiger partial charge in [-0.2, -0.15) is 0 Å². The van der Waals surface area contributed by atoms with Gasteiger partial charge in [0.15, 0.2) is 5.16 Å². The fourth-order valence-corrected chi connectivity index (χ4v) is 3.21. The summed E-state index contributed by atoms with van der Waals surface area (Å²) in [5, 5.41) is 10.3. The first kappa shape index (κ1) is 14.5. The number of hydrogen-bond donors (Lipinski definition) is 1. The summed E-state index contributed by atoms with van der Waals surface area (Å²) < 4.78 is 0.943. The predicted octanol–water partition coefficient (Wildman–Crippen LogP) is 4.06. The van der Waals surface area contributed by atoms with Crippen LogP contribution >= 0.6 is 27.7 Å². The Morgan fingerprint density at radius 2 is 1.79 bits per heavy atom. The van der Waals surface area contributed by atoms with Crippen LogP contribution in [0.1, 0.15) is 30.0 Å². The Bertz CT molecular complexity index is 582. The molecule has 19 heavy (non-hydrogen) atoms. The molecule has 0 aliphatic carbocycles. The van der Waals surface area contributed by atoms with Gasteiger partial charge >= 0.3 is 0 Å². The lowest BCUT2D eigenvalue weighted by atomic mass is 10.1. The minimum Gasteiger partial charge on any atom is -0.389 e. The number of halogens is 1. The van der Waals surface area contributed by atoms with E-state index in [1.807, 2.05) is 38.1 Å². The average molecular weight is 339 g/mol. The van der Waals surface area contributed by atoms with Crippen LogP contribution in [0.3, 0.4) is 0 Å². The molecule has 1 aromatic carbocycles. The molecule has 1 atom stereocenters. The Morgan fingerprint density at radius 3 is 2.32 bits per heavy atom. The average Bonchev–Trinajstić information content (AvgIpc) is 2.30. The number of aromatic nitrogens is 2. The van der Waals surface area contributed by atoms with E-state index in [-0.39, 0.29) is 0 Å². The lowest BCUT2D eigenvalue weighted by Crippen LogP contribution is -1.94. The molecule has 0 fully saturated rings. The van der Waals surface area contributed by atoms with Crippen LogP contribution in [0.25, 0.3) is 0 Å². The third kappa shape index (κ3) is 3.78. The maximum atomic E-state index is 9.55. The highest BCUT2D eigenvalue weighted by Gasteiger charge is 2.09. The van der Waals surface area contributed by atoms with Gasteiger partial charge in [-0.3, -0.25) is 0 Å². The summed E-state index contributed by atoms with van der Waals surface area (Å²) in [6.07, 6.45) is -0.465. The van der Waals surface area contributed by atoms with E-state index in [0.29, 0.717) is 0 Å². The van der Waals surface area contributed by atoms with E-state index in [2.05, 4.69) is 25.9 Å². The highest BCUT2D eigenvalue weighted by Crippen LogP contribution is 2.33. The van der Waals surface area contributed by atoms with E-state index < -0.39 is 6.10 Å². The highest BCUT2D eigenvalue weighted by molar-refractivity contribution is 9.10. The van der Waals surface area contributed by atoms with Crippen LogP contribution in [0.5, 0.6) is 0 Å². The molecule has 1 N–H and O–H groups in total. The van der Waals surface area contributed by atoms with Gasteiger partial charge in [0.1, 0.15) is 0 Å². The van der Waals surface area contributed by atoms with Crippen LogP contribution in [-0.2, 0) is 0 Å². The molecule has 100 valence electrons. The van der Waals surface area contributed by atoms with Gasteiger partial charge in [0.2, 0.25) is 0 Å². The number of aliphatic hydroxyl groups is 1. The summed E-state index contributed by atoms with van der Waals surface area (Å²) in [6.45, 7) is 5.68. The van der Waals surface area contributed by atoms with Crippen molar-refractivity contribution in [1.82, 2.24) is 9.97 Å². The molecule has 0 unspecified atom stereocenters. The Kier molecular flexibility index (Phi) is 4.60. The van der Waals surface area contributed by atoms with Gasteiger partial charge in [-0.15, -0.1) is 0 Å². The van der Waals surface area contributed by atoms with Gasteiger partial charge in [-0.05, 0) is 72.2 Å². The zero-order valence-electron chi connectivity index (χ0n) is 11.0. The van der Waals surface area contributed by atoms with Crippen LogP contribution in [-0.4, -0.2) is 15.1 Å². The number of hydrogen-bond acceptors (Lipinski definition) is 4. The molecule has 0 radical (unpaired) electrons. The molecule has 1 heterocycles. The van der Waals surface area contributed by atoms with Gasteiger partial charge < -0.3 is 5.11 Å². The second-order valence-electron chi connectivity index (χ2n) is 4.40. The predicted molar refractivity (Wildman–Crippen MR) is 80.4 cm³/mol. The van der Waals surface area contributed by atoms with E-state index in [1.54, 1.807) is 6.92 Å². The Balaban J connectivity index is 2.28. The molecule has 3 nitrogen and oxygen atoms in total. The van der Waals surface area contributed by atoms with Crippen molar-refractivity contribution in [2.24, 2.45) is 0 Å². The summed E-state index contributed by atoms with van der Waals surface area (Å²) in [4.78, 5) is 9.86. The van der Waals surface area contributed by atoms with Crippen molar-refractivity contribution in [2.75, 3.05) is 0 Å². The number of aryl methyl sites for hydroxylation is 2. The van der Waals surface area contributed by atoms with Crippen molar-refractivity contribution >= 4 is 27.7 Å². The third-order valence-electron chi connectivity index (χ3n) is 2.60. The molecule has 0 aliphatic heterocycles. The van der Waals surface area contributed by atoms with E-state index in [0.717, 1.165) is 31.5 Å². The van der Waals surface area contributed by atoms with Crippen molar-refractivity contribution in [3.63, 3.8) is 0 Å². The first-order valence-corrected chi connectivity index (χ1v) is 7.54. The summed E-state index contributed by atoms with van der Waals surface area (Å²) in [6, 6.07) is 7.77. The highest BCUT2D eigenvalue weighted by atomic mass is 79.9.